The van der Waals surface area contributed by atoms with Crippen molar-refractivity contribution in [1.29, 1.82) is 0 Å². The quantitative estimate of drug-likeness (QED) is 0.358. The monoisotopic (exact) mass is 283 g/mol. The standard InChI is InChI=1S/C15H9NO5/c17-10-3-1-2-8-12(10)15(20)13-9(14(8)19)4-7(6-16-21)5-11(13)18/h1-6,17-18,21H/b16-6+. The number of phenols is 2. The third-order valence-electron chi connectivity index (χ3n) is 3.33. The predicted octanol–water partition coefficient (Wildman–Crippen LogP) is 1.68. The first-order valence-electron chi connectivity index (χ1n) is 6.00. The van der Waals surface area contributed by atoms with Gasteiger partial charge in [-0.25, -0.2) is 0 Å². The van der Waals surface area contributed by atoms with E-state index in [-0.39, 0.29) is 33.6 Å². The van der Waals surface area contributed by atoms with Gasteiger partial charge >= 0.3 is 0 Å². The number of carbonyl (C=O) groups excluding carboxylic acids is 2. The summed E-state index contributed by atoms with van der Waals surface area (Å²) in [5.41, 5.74) is 0.0782. The van der Waals surface area contributed by atoms with Crippen LogP contribution in [0, 0.1) is 0 Å². The second-order valence-corrected chi connectivity index (χ2v) is 4.57. The molecular weight excluding hydrogens is 274 g/mol. The Morgan fingerprint density at radius 2 is 1.62 bits per heavy atom. The average Bonchev–Trinajstić information content (AvgIpc) is 2.44. The molecule has 0 atom stereocenters. The van der Waals surface area contributed by atoms with Gasteiger partial charge in [0.15, 0.2) is 5.78 Å². The SMILES string of the molecule is O=C1c2cccc(O)c2C(=O)c2c(O)cc(/C=N/O)cc21. The molecule has 2 aromatic carbocycles. The van der Waals surface area contributed by atoms with Gasteiger partial charge in [-0.1, -0.05) is 17.3 Å². The number of oxime groups is 1. The summed E-state index contributed by atoms with van der Waals surface area (Å²) in [6, 6.07) is 6.75. The molecule has 6 heteroatoms. The van der Waals surface area contributed by atoms with Crippen molar-refractivity contribution in [1.82, 2.24) is 0 Å². The van der Waals surface area contributed by atoms with Crippen LogP contribution in [0.2, 0.25) is 0 Å². The van der Waals surface area contributed by atoms with Gasteiger partial charge in [-0.15, -0.1) is 0 Å². The zero-order chi connectivity index (χ0) is 15.1. The molecule has 0 fully saturated rings. The minimum absolute atomic E-state index is 0.00741. The number of rotatable bonds is 1. The Kier molecular flexibility index (Phi) is 2.72. The van der Waals surface area contributed by atoms with E-state index >= 15 is 0 Å². The zero-order valence-electron chi connectivity index (χ0n) is 10.6. The predicted molar refractivity (Wildman–Crippen MR) is 72.5 cm³/mol. The first-order chi connectivity index (χ1) is 10.0. The smallest absolute Gasteiger partial charge is 0.201 e. The van der Waals surface area contributed by atoms with Gasteiger partial charge in [-0.05, 0) is 18.2 Å². The highest BCUT2D eigenvalue weighted by atomic mass is 16.4. The van der Waals surface area contributed by atoms with Gasteiger partial charge in [0.1, 0.15) is 11.5 Å². The largest absolute Gasteiger partial charge is 0.507 e. The molecule has 0 spiro atoms. The fraction of sp³-hybridized carbons (Fsp3) is 0. The van der Waals surface area contributed by atoms with Crippen molar-refractivity contribution in [2.45, 2.75) is 0 Å². The van der Waals surface area contributed by atoms with Crippen LogP contribution >= 0.6 is 0 Å². The van der Waals surface area contributed by atoms with Crippen molar-refractivity contribution < 1.29 is 25.0 Å². The number of ketones is 2. The number of fused-ring (bicyclic) bond motifs is 2. The molecule has 6 nitrogen and oxygen atoms in total. The Morgan fingerprint density at radius 1 is 0.905 bits per heavy atom. The molecule has 21 heavy (non-hydrogen) atoms. The summed E-state index contributed by atoms with van der Waals surface area (Å²) in [7, 11) is 0. The number of phenolic OH excluding ortho intramolecular Hbond substituents is 2. The van der Waals surface area contributed by atoms with Crippen LogP contribution in [0.3, 0.4) is 0 Å². The molecule has 0 saturated heterocycles. The number of hydrogen-bond donors (Lipinski definition) is 3. The van der Waals surface area contributed by atoms with E-state index in [1.54, 1.807) is 0 Å². The lowest BCUT2D eigenvalue weighted by atomic mass is 9.82. The van der Waals surface area contributed by atoms with Gasteiger partial charge in [0.25, 0.3) is 0 Å². The second-order valence-electron chi connectivity index (χ2n) is 4.57. The van der Waals surface area contributed by atoms with Gasteiger partial charge in [0.05, 0.1) is 17.3 Å². The molecule has 3 rings (SSSR count). The molecule has 0 amide bonds. The van der Waals surface area contributed by atoms with Gasteiger partial charge in [0.2, 0.25) is 5.78 Å². The lowest BCUT2D eigenvalue weighted by Gasteiger charge is -2.19. The molecule has 1 aliphatic rings. The van der Waals surface area contributed by atoms with E-state index in [1.807, 2.05) is 0 Å². The maximum absolute atomic E-state index is 12.4. The molecule has 0 bridgehead atoms. The molecule has 0 aliphatic heterocycles. The van der Waals surface area contributed by atoms with E-state index in [0.717, 1.165) is 6.21 Å². The Morgan fingerprint density at radius 3 is 2.33 bits per heavy atom. The van der Waals surface area contributed by atoms with Gasteiger partial charge in [0, 0.05) is 16.7 Å². The molecular formula is C15H9NO5. The third kappa shape index (κ3) is 1.77. The van der Waals surface area contributed by atoms with Crippen molar-refractivity contribution in [3.63, 3.8) is 0 Å². The van der Waals surface area contributed by atoms with E-state index in [1.165, 1.54) is 30.3 Å². The minimum atomic E-state index is -0.623. The Labute approximate surface area is 118 Å². The maximum Gasteiger partial charge on any atom is 0.201 e. The number of nitrogens with zero attached hydrogens (tertiary/aromatic N) is 1. The summed E-state index contributed by atoms with van der Waals surface area (Å²) in [6.07, 6.45) is 1.04. The Balaban J connectivity index is 2.33. The van der Waals surface area contributed by atoms with Crippen molar-refractivity contribution in [3.05, 3.63) is 58.1 Å². The van der Waals surface area contributed by atoms with Crippen molar-refractivity contribution >= 4 is 17.8 Å². The Hall–Kier alpha value is -3.15. The molecule has 0 saturated carbocycles. The van der Waals surface area contributed by atoms with Gasteiger partial charge < -0.3 is 15.4 Å². The average molecular weight is 283 g/mol. The summed E-state index contributed by atoms with van der Waals surface area (Å²) in [5, 5.41) is 31.1. The van der Waals surface area contributed by atoms with Crippen molar-refractivity contribution in [2.75, 3.05) is 0 Å². The van der Waals surface area contributed by atoms with Crippen LogP contribution in [0.15, 0.2) is 35.5 Å². The summed E-state index contributed by atoms with van der Waals surface area (Å²) >= 11 is 0. The van der Waals surface area contributed by atoms with Crippen molar-refractivity contribution in [2.24, 2.45) is 5.16 Å². The molecule has 2 aromatic rings. The highest BCUT2D eigenvalue weighted by molar-refractivity contribution is 6.30. The molecule has 104 valence electrons. The first-order valence-corrected chi connectivity index (χ1v) is 6.00. The molecule has 0 heterocycles. The molecule has 1 aliphatic carbocycles. The van der Waals surface area contributed by atoms with E-state index in [0.29, 0.717) is 0 Å². The number of hydrogen-bond acceptors (Lipinski definition) is 6. The van der Waals surface area contributed by atoms with Crippen molar-refractivity contribution in [3.8, 4) is 11.5 Å². The molecule has 0 radical (unpaired) electrons. The summed E-state index contributed by atoms with van der Waals surface area (Å²) < 4.78 is 0. The van der Waals surface area contributed by atoms with Crippen LogP contribution in [0.25, 0.3) is 0 Å². The summed E-state index contributed by atoms with van der Waals surface area (Å²) in [4.78, 5) is 24.8. The fourth-order valence-corrected chi connectivity index (χ4v) is 2.45. The van der Waals surface area contributed by atoms with Gasteiger partial charge in [-0.2, -0.15) is 0 Å². The van der Waals surface area contributed by atoms with Crippen LogP contribution in [-0.4, -0.2) is 33.2 Å². The number of aromatic hydroxyl groups is 2. The van der Waals surface area contributed by atoms with Crippen LogP contribution in [-0.2, 0) is 0 Å². The van der Waals surface area contributed by atoms with E-state index < -0.39 is 17.3 Å². The Bertz CT molecular complexity index is 823. The minimum Gasteiger partial charge on any atom is -0.507 e. The maximum atomic E-state index is 12.4. The zero-order valence-corrected chi connectivity index (χ0v) is 10.6. The van der Waals surface area contributed by atoms with Crippen LogP contribution in [0.1, 0.15) is 37.4 Å². The summed E-state index contributed by atoms with van der Waals surface area (Å²) in [5.74, 6) is -1.83. The number of carbonyl (C=O) groups is 2. The summed E-state index contributed by atoms with van der Waals surface area (Å²) in [6.45, 7) is 0. The molecule has 0 unspecified atom stereocenters. The van der Waals surface area contributed by atoms with Crippen LogP contribution < -0.4 is 0 Å². The van der Waals surface area contributed by atoms with Gasteiger partial charge in [-0.3, -0.25) is 9.59 Å². The second kappa shape index (κ2) is 4.45. The highest BCUT2D eigenvalue weighted by Crippen LogP contribution is 2.36. The highest BCUT2D eigenvalue weighted by Gasteiger charge is 2.34. The lowest BCUT2D eigenvalue weighted by molar-refractivity contribution is 0.0974. The van der Waals surface area contributed by atoms with Crippen LogP contribution in [0.5, 0.6) is 11.5 Å². The lowest BCUT2D eigenvalue weighted by Crippen LogP contribution is -2.21. The van der Waals surface area contributed by atoms with E-state index in [9.17, 15) is 19.8 Å². The molecule has 3 N–H and O–H groups in total. The topological polar surface area (TPSA) is 107 Å². The fourth-order valence-electron chi connectivity index (χ4n) is 2.45. The first kappa shape index (κ1) is 12.9. The number of benzene rings is 2. The van der Waals surface area contributed by atoms with Crippen LogP contribution in [0.4, 0.5) is 0 Å². The van der Waals surface area contributed by atoms with E-state index in [2.05, 4.69) is 5.16 Å². The normalized spacial score (nSPS) is 13.3. The third-order valence-corrected chi connectivity index (χ3v) is 3.33. The van der Waals surface area contributed by atoms with E-state index in [4.69, 9.17) is 5.21 Å². The molecule has 0 aromatic heterocycles.